The van der Waals surface area contributed by atoms with Crippen molar-refractivity contribution < 1.29 is 13.2 Å². The van der Waals surface area contributed by atoms with Gasteiger partial charge in [0, 0.05) is 10.7 Å². The highest BCUT2D eigenvalue weighted by Gasteiger charge is 2.51. The van der Waals surface area contributed by atoms with Crippen LogP contribution in [0.1, 0.15) is 49.7 Å². The molecule has 4 bridgehead atoms. The molecule has 4 fully saturated rings. The van der Waals surface area contributed by atoms with Crippen molar-refractivity contribution in [1.29, 1.82) is 0 Å². The minimum atomic E-state index is -3.66. The highest BCUT2D eigenvalue weighted by Crippen LogP contribution is 2.60. The van der Waals surface area contributed by atoms with Crippen molar-refractivity contribution >= 4 is 38.9 Å². The third-order valence-corrected chi connectivity index (χ3v) is 9.31. The van der Waals surface area contributed by atoms with Gasteiger partial charge in [0.1, 0.15) is 6.54 Å². The molecular formula is C26H31ClN2O3S. The molecule has 1 N–H and O–H groups in total. The molecule has 0 radical (unpaired) electrons. The topological polar surface area (TPSA) is 66.5 Å². The second-order valence-corrected chi connectivity index (χ2v) is 12.9. The third kappa shape index (κ3) is 4.52. The van der Waals surface area contributed by atoms with Gasteiger partial charge in [0.05, 0.1) is 11.9 Å². The summed E-state index contributed by atoms with van der Waals surface area (Å²) in [4.78, 5) is 12.8. The second kappa shape index (κ2) is 8.31. The van der Waals surface area contributed by atoms with Crippen LogP contribution in [0.3, 0.4) is 0 Å². The molecular weight excluding hydrogens is 456 g/mol. The number of carbonyl (C=O) groups excluding carboxylic acids is 1. The molecule has 0 aromatic heterocycles. The van der Waals surface area contributed by atoms with E-state index in [9.17, 15) is 13.2 Å². The number of hydrogen-bond donors (Lipinski definition) is 1. The molecule has 2 aromatic rings. The van der Waals surface area contributed by atoms with Crippen LogP contribution in [0.25, 0.3) is 0 Å². The lowest BCUT2D eigenvalue weighted by Crippen LogP contribution is -2.48. The zero-order valence-electron chi connectivity index (χ0n) is 19.2. The van der Waals surface area contributed by atoms with Gasteiger partial charge in [-0.3, -0.25) is 9.10 Å². The largest absolute Gasteiger partial charge is 0.325 e. The molecule has 7 heteroatoms. The summed E-state index contributed by atoms with van der Waals surface area (Å²) in [5.41, 5.74) is 3.54. The van der Waals surface area contributed by atoms with E-state index in [0.717, 1.165) is 33.9 Å². The van der Waals surface area contributed by atoms with Crippen LogP contribution in [-0.4, -0.2) is 27.1 Å². The number of hydrogen-bond acceptors (Lipinski definition) is 3. The Bertz CT molecular complexity index is 1140. The number of anilines is 2. The van der Waals surface area contributed by atoms with Crippen molar-refractivity contribution in [2.24, 2.45) is 17.8 Å². The summed E-state index contributed by atoms with van der Waals surface area (Å²) in [6, 6.07) is 13.3. The van der Waals surface area contributed by atoms with Gasteiger partial charge in [0.2, 0.25) is 15.9 Å². The van der Waals surface area contributed by atoms with Crippen LogP contribution in [-0.2, 0) is 20.2 Å². The van der Waals surface area contributed by atoms with Gasteiger partial charge in [-0.1, -0.05) is 29.8 Å². The van der Waals surface area contributed by atoms with Crippen LogP contribution in [0.4, 0.5) is 11.4 Å². The van der Waals surface area contributed by atoms with Crippen LogP contribution in [0.15, 0.2) is 42.5 Å². The number of sulfonamides is 1. The van der Waals surface area contributed by atoms with Gasteiger partial charge in [-0.2, -0.15) is 0 Å². The van der Waals surface area contributed by atoms with Gasteiger partial charge in [0.15, 0.2) is 0 Å². The lowest BCUT2D eigenvalue weighted by Gasteiger charge is -2.57. The van der Waals surface area contributed by atoms with E-state index in [1.54, 1.807) is 25.1 Å². The zero-order valence-corrected chi connectivity index (χ0v) is 20.8. The first kappa shape index (κ1) is 22.7. The Hall–Kier alpha value is -2.05. The summed E-state index contributed by atoms with van der Waals surface area (Å²) in [5.74, 6) is 2.26. The van der Waals surface area contributed by atoms with Crippen molar-refractivity contribution in [2.45, 2.75) is 50.9 Å². The smallest absolute Gasteiger partial charge is 0.245 e. The normalized spacial score (nSPS) is 28.0. The molecule has 1 amide bonds. The van der Waals surface area contributed by atoms with Gasteiger partial charge in [-0.25, -0.2) is 8.42 Å². The molecule has 0 atom stereocenters. The predicted octanol–water partition coefficient (Wildman–Crippen LogP) is 5.52. The van der Waals surface area contributed by atoms with E-state index in [0.29, 0.717) is 21.8 Å². The second-order valence-electron chi connectivity index (χ2n) is 10.5. The fraction of sp³-hybridized carbons (Fsp3) is 0.500. The molecule has 33 heavy (non-hydrogen) atoms. The average Bonchev–Trinajstić information content (AvgIpc) is 2.73. The van der Waals surface area contributed by atoms with Crippen molar-refractivity contribution in [3.63, 3.8) is 0 Å². The summed E-state index contributed by atoms with van der Waals surface area (Å²) < 4.78 is 26.0. The molecule has 5 nitrogen and oxygen atoms in total. The van der Waals surface area contributed by atoms with Crippen LogP contribution < -0.4 is 9.62 Å². The molecule has 0 unspecified atom stereocenters. The molecule has 2 aromatic carbocycles. The summed E-state index contributed by atoms with van der Waals surface area (Å²) in [7, 11) is -3.66. The van der Waals surface area contributed by atoms with Crippen LogP contribution >= 0.6 is 11.6 Å². The van der Waals surface area contributed by atoms with Crippen LogP contribution in [0, 0.1) is 24.7 Å². The molecule has 0 saturated heterocycles. The number of aryl methyl sites for hydroxylation is 1. The van der Waals surface area contributed by atoms with Crippen molar-refractivity contribution in [3.05, 3.63) is 58.6 Å². The lowest BCUT2D eigenvalue weighted by atomic mass is 9.48. The van der Waals surface area contributed by atoms with Crippen molar-refractivity contribution in [2.75, 3.05) is 22.4 Å². The number of halogens is 1. The Balaban J connectivity index is 1.30. The maximum atomic E-state index is 12.8. The molecule has 4 aliphatic carbocycles. The van der Waals surface area contributed by atoms with Gasteiger partial charge >= 0.3 is 0 Å². The summed E-state index contributed by atoms with van der Waals surface area (Å²) in [6.07, 6.45) is 9.23. The quantitative estimate of drug-likeness (QED) is 0.584. The van der Waals surface area contributed by atoms with Crippen molar-refractivity contribution in [3.8, 4) is 0 Å². The molecule has 0 aliphatic heterocycles. The molecule has 6 rings (SSSR count). The SMILES string of the molecule is Cc1ccc(Cl)cc1N(CC(=O)Nc1ccc(C23CC4CC(CC(C4)C2)C3)cc1)S(C)(=O)=O. The highest BCUT2D eigenvalue weighted by atomic mass is 35.5. The summed E-state index contributed by atoms with van der Waals surface area (Å²) in [5, 5.41) is 3.29. The Morgan fingerprint density at radius 3 is 2.15 bits per heavy atom. The minimum Gasteiger partial charge on any atom is -0.325 e. The maximum Gasteiger partial charge on any atom is 0.245 e. The monoisotopic (exact) mass is 486 g/mol. The van der Waals surface area contributed by atoms with Gasteiger partial charge in [0.25, 0.3) is 0 Å². The first-order valence-electron chi connectivity index (χ1n) is 11.8. The number of benzene rings is 2. The van der Waals surface area contributed by atoms with E-state index < -0.39 is 10.0 Å². The van der Waals surface area contributed by atoms with Crippen LogP contribution in [0.2, 0.25) is 5.02 Å². The van der Waals surface area contributed by atoms with Crippen molar-refractivity contribution in [1.82, 2.24) is 0 Å². The molecule has 0 heterocycles. The number of amides is 1. The fourth-order valence-electron chi connectivity index (χ4n) is 6.93. The maximum absolute atomic E-state index is 12.8. The minimum absolute atomic E-state index is 0.309. The number of nitrogens with one attached hydrogen (secondary N) is 1. The van der Waals surface area contributed by atoms with E-state index in [1.165, 1.54) is 44.1 Å². The highest BCUT2D eigenvalue weighted by molar-refractivity contribution is 7.92. The number of carbonyl (C=O) groups is 1. The number of rotatable bonds is 6. The Labute approximate surface area is 201 Å². The zero-order chi connectivity index (χ0) is 23.4. The van der Waals surface area contributed by atoms with Gasteiger partial charge in [-0.05, 0) is 104 Å². The Morgan fingerprint density at radius 1 is 1.03 bits per heavy atom. The van der Waals surface area contributed by atoms with E-state index >= 15 is 0 Å². The molecule has 176 valence electrons. The van der Waals surface area contributed by atoms with E-state index in [4.69, 9.17) is 11.6 Å². The average molecular weight is 487 g/mol. The Kier molecular flexibility index (Phi) is 5.73. The summed E-state index contributed by atoms with van der Waals surface area (Å²) in [6.45, 7) is 1.49. The molecule has 4 aliphatic rings. The van der Waals surface area contributed by atoms with Crippen LogP contribution in [0.5, 0.6) is 0 Å². The first-order chi connectivity index (χ1) is 15.6. The number of nitrogens with zero attached hydrogens (tertiary/aromatic N) is 1. The lowest BCUT2D eigenvalue weighted by molar-refractivity contribution is -0.114. The molecule has 4 saturated carbocycles. The Morgan fingerprint density at radius 2 is 1.61 bits per heavy atom. The van der Waals surface area contributed by atoms with Gasteiger partial charge in [-0.15, -0.1) is 0 Å². The van der Waals surface area contributed by atoms with E-state index in [-0.39, 0.29) is 12.5 Å². The molecule has 0 spiro atoms. The van der Waals surface area contributed by atoms with E-state index in [2.05, 4.69) is 17.4 Å². The first-order valence-corrected chi connectivity index (χ1v) is 14.0. The predicted molar refractivity (Wildman–Crippen MR) is 133 cm³/mol. The third-order valence-electron chi connectivity index (χ3n) is 7.95. The standard InChI is InChI=1S/C26H31ClN2O3S/c1-17-3-6-22(27)12-24(17)29(33(2,31)32)16-25(30)28-23-7-4-21(5-8-23)26-13-18-9-19(14-26)11-20(10-18)15-26/h3-8,12,18-20H,9-11,13-16H2,1-2H3,(H,28,30). The fourth-order valence-corrected chi connectivity index (χ4v) is 8.01. The summed E-state index contributed by atoms with van der Waals surface area (Å²) >= 11 is 6.08. The van der Waals surface area contributed by atoms with Gasteiger partial charge < -0.3 is 5.32 Å². The van der Waals surface area contributed by atoms with E-state index in [1.807, 2.05) is 12.1 Å².